The lowest BCUT2D eigenvalue weighted by Crippen LogP contribution is -2.61. The maximum atomic E-state index is 11.3. The minimum absolute atomic E-state index is 0.0147. The van der Waals surface area contributed by atoms with Gasteiger partial charge < -0.3 is 15.0 Å². The Morgan fingerprint density at radius 1 is 1.44 bits per heavy atom. The molecule has 2 amide bonds. The summed E-state index contributed by atoms with van der Waals surface area (Å²) in [5.74, 6) is -0.122. The van der Waals surface area contributed by atoms with Crippen molar-refractivity contribution in [2.75, 3.05) is 19.0 Å². The number of hydrogen-bond donors (Lipinski definition) is 1. The highest BCUT2D eigenvalue weighted by molar-refractivity contribution is 6.27. The lowest BCUT2D eigenvalue weighted by Gasteiger charge is -2.39. The average Bonchev–Trinajstić information content (AvgIpc) is 2.06. The molecular weight excluding hydrogens is 232 g/mol. The third-order valence-corrected chi connectivity index (χ3v) is 2.30. The van der Waals surface area contributed by atoms with Crippen molar-refractivity contribution in [2.45, 2.75) is 32.4 Å². The molecule has 0 aromatic rings. The van der Waals surface area contributed by atoms with Gasteiger partial charge in [-0.25, -0.2) is 4.79 Å². The molecule has 1 N–H and O–H groups in total. The van der Waals surface area contributed by atoms with E-state index in [2.05, 4.69) is 5.32 Å². The van der Waals surface area contributed by atoms with E-state index in [0.29, 0.717) is 13.1 Å². The summed E-state index contributed by atoms with van der Waals surface area (Å²) < 4.78 is 5.09. The van der Waals surface area contributed by atoms with Gasteiger partial charge in [-0.3, -0.25) is 4.79 Å². The van der Waals surface area contributed by atoms with Gasteiger partial charge in [0.2, 0.25) is 5.91 Å². The van der Waals surface area contributed by atoms with Gasteiger partial charge in [0.25, 0.3) is 0 Å². The number of hydrogen-bond acceptors (Lipinski definition) is 3. The van der Waals surface area contributed by atoms with Gasteiger partial charge in [0.1, 0.15) is 11.5 Å². The standard InChI is InChI=1S/C10H17ClN2O3/c1-10(2,3)16-9(15)12-7-5-13(6-7)8(14)4-11/h7H,4-6H2,1-3H3,(H,12,15). The number of alkyl carbamates (subject to hydrolysis) is 1. The molecule has 1 saturated heterocycles. The Morgan fingerprint density at radius 3 is 2.44 bits per heavy atom. The van der Waals surface area contributed by atoms with Crippen LogP contribution < -0.4 is 5.32 Å². The number of halogens is 1. The van der Waals surface area contributed by atoms with Gasteiger partial charge in [-0.15, -0.1) is 11.6 Å². The van der Waals surface area contributed by atoms with Crippen LogP contribution in [0.2, 0.25) is 0 Å². The summed E-state index contributed by atoms with van der Waals surface area (Å²) in [6.45, 7) is 6.42. The molecule has 0 spiro atoms. The van der Waals surface area contributed by atoms with E-state index >= 15 is 0 Å². The fraction of sp³-hybridized carbons (Fsp3) is 0.800. The van der Waals surface area contributed by atoms with E-state index in [0.717, 1.165) is 0 Å². The third-order valence-electron chi connectivity index (χ3n) is 2.07. The molecule has 92 valence electrons. The largest absolute Gasteiger partial charge is 0.444 e. The molecular formula is C10H17ClN2O3. The van der Waals surface area contributed by atoms with Gasteiger partial charge in [-0.05, 0) is 20.8 Å². The zero-order valence-corrected chi connectivity index (χ0v) is 10.5. The van der Waals surface area contributed by atoms with Crippen LogP contribution in [0.25, 0.3) is 0 Å². The SMILES string of the molecule is CC(C)(C)OC(=O)NC1CN(C(=O)CCl)C1. The highest BCUT2D eigenvalue weighted by atomic mass is 35.5. The number of rotatable bonds is 2. The first-order valence-electron chi connectivity index (χ1n) is 5.15. The predicted octanol–water partition coefficient (Wildman–Crippen LogP) is 0.961. The molecule has 0 aliphatic carbocycles. The van der Waals surface area contributed by atoms with Gasteiger partial charge in [0.05, 0.1) is 6.04 Å². The van der Waals surface area contributed by atoms with Gasteiger partial charge >= 0.3 is 6.09 Å². The number of nitrogens with zero attached hydrogens (tertiary/aromatic N) is 1. The highest BCUT2D eigenvalue weighted by Crippen LogP contribution is 2.11. The first-order valence-corrected chi connectivity index (χ1v) is 5.68. The fourth-order valence-electron chi connectivity index (χ4n) is 1.33. The Bertz CT molecular complexity index is 282. The van der Waals surface area contributed by atoms with E-state index < -0.39 is 11.7 Å². The summed E-state index contributed by atoms with van der Waals surface area (Å²) in [5, 5.41) is 2.68. The molecule has 0 aromatic carbocycles. The third kappa shape index (κ3) is 3.89. The molecule has 1 aliphatic heterocycles. The van der Waals surface area contributed by atoms with Gasteiger partial charge in [-0.2, -0.15) is 0 Å². The molecule has 1 heterocycles. The molecule has 6 heteroatoms. The van der Waals surface area contributed by atoms with Crippen LogP contribution in [0.5, 0.6) is 0 Å². The van der Waals surface area contributed by atoms with E-state index in [1.165, 1.54) is 0 Å². The van der Waals surface area contributed by atoms with Gasteiger partial charge in [0, 0.05) is 13.1 Å². The summed E-state index contributed by atoms with van der Waals surface area (Å²) >= 11 is 5.40. The van der Waals surface area contributed by atoms with Crippen molar-refractivity contribution in [3.05, 3.63) is 0 Å². The number of likely N-dealkylation sites (tertiary alicyclic amines) is 1. The average molecular weight is 249 g/mol. The summed E-state index contributed by atoms with van der Waals surface area (Å²) in [7, 11) is 0. The van der Waals surface area contributed by atoms with Crippen LogP contribution in [0.4, 0.5) is 4.79 Å². The zero-order valence-electron chi connectivity index (χ0n) is 9.75. The second kappa shape index (κ2) is 4.91. The Hall–Kier alpha value is -0.970. The maximum absolute atomic E-state index is 11.3. The Kier molecular flexibility index (Phi) is 4.02. The molecule has 0 saturated carbocycles. The number of amides is 2. The normalized spacial score (nSPS) is 16.6. The van der Waals surface area contributed by atoms with Crippen LogP contribution >= 0.6 is 11.6 Å². The molecule has 16 heavy (non-hydrogen) atoms. The zero-order chi connectivity index (χ0) is 12.3. The quantitative estimate of drug-likeness (QED) is 0.741. The first kappa shape index (κ1) is 13.1. The number of alkyl halides is 1. The molecule has 1 rings (SSSR count). The van der Waals surface area contributed by atoms with Crippen LogP contribution in [0.1, 0.15) is 20.8 Å². The second-order valence-electron chi connectivity index (χ2n) is 4.78. The number of nitrogens with one attached hydrogen (secondary N) is 1. The monoisotopic (exact) mass is 248 g/mol. The summed E-state index contributed by atoms with van der Waals surface area (Å²) in [6.07, 6.45) is -0.449. The van der Waals surface area contributed by atoms with E-state index in [-0.39, 0.29) is 17.8 Å². The first-order chi connectivity index (χ1) is 7.31. The van der Waals surface area contributed by atoms with E-state index in [1.807, 2.05) is 0 Å². The van der Waals surface area contributed by atoms with Crippen molar-refractivity contribution >= 4 is 23.6 Å². The summed E-state index contributed by atoms with van der Waals surface area (Å²) in [4.78, 5) is 24.0. The maximum Gasteiger partial charge on any atom is 0.407 e. The number of carbonyl (C=O) groups excluding carboxylic acids is 2. The Labute approximate surface area is 100 Å². The van der Waals surface area contributed by atoms with Crippen LogP contribution in [0.3, 0.4) is 0 Å². The topological polar surface area (TPSA) is 58.6 Å². The Morgan fingerprint density at radius 2 is 2.00 bits per heavy atom. The molecule has 0 atom stereocenters. The molecule has 0 aromatic heterocycles. The fourth-order valence-corrected chi connectivity index (χ4v) is 1.50. The van der Waals surface area contributed by atoms with E-state index in [9.17, 15) is 9.59 Å². The van der Waals surface area contributed by atoms with E-state index in [1.54, 1.807) is 25.7 Å². The molecule has 1 fully saturated rings. The summed E-state index contributed by atoms with van der Waals surface area (Å²) in [5.41, 5.74) is -0.501. The van der Waals surface area contributed by atoms with Crippen molar-refractivity contribution in [3.8, 4) is 0 Å². The van der Waals surface area contributed by atoms with Crippen LogP contribution in [-0.2, 0) is 9.53 Å². The summed E-state index contributed by atoms with van der Waals surface area (Å²) in [6, 6.07) is -0.0259. The molecule has 5 nitrogen and oxygen atoms in total. The van der Waals surface area contributed by atoms with Crippen molar-refractivity contribution in [1.29, 1.82) is 0 Å². The van der Waals surface area contributed by atoms with Crippen LogP contribution in [0, 0.1) is 0 Å². The minimum atomic E-state index is -0.501. The Balaban J connectivity index is 2.22. The molecule has 0 unspecified atom stereocenters. The minimum Gasteiger partial charge on any atom is -0.444 e. The van der Waals surface area contributed by atoms with Crippen LogP contribution in [0.15, 0.2) is 0 Å². The van der Waals surface area contributed by atoms with Gasteiger partial charge in [0.15, 0.2) is 0 Å². The molecule has 0 bridgehead atoms. The molecule has 1 aliphatic rings. The smallest absolute Gasteiger partial charge is 0.407 e. The van der Waals surface area contributed by atoms with Crippen molar-refractivity contribution in [3.63, 3.8) is 0 Å². The van der Waals surface area contributed by atoms with Gasteiger partial charge in [-0.1, -0.05) is 0 Å². The molecule has 0 radical (unpaired) electrons. The second-order valence-corrected chi connectivity index (χ2v) is 5.04. The van der Waals surface area contributed by atoms with Crippen molar-refractivity contribution < 1.29 is 14.3 Å². The predicted molar refractivity (Wildman–Crippen MR) is 60.5 cm³/mol. The highest BCUT2D eigenvalue weighted by Gasteiger charge is 2.32. The number of carbonyl (C=O) groups is 2. The van der Waals surface area contributed by atoms with Crippen LogP contribution in [-0.4, -0.2) is 47.5 Å². The number of ether oxygens (including phenoxy) is 1. The van der Waals surface area contributed by atoms with E-state index in [4.69, 9.17) is 16.3 Å². The van der Waals surface area contributed by atoms with Crippen molar-refractivity contribution in [2.24, 2.45) is 0 Å². The van der Waals surface area contributed by atoms with Crippen molar-refractivity contribution in [1.82, 2.24) is 10.2 Å². The lowest BCUT2D eigenvalue weighted by molar-refractivity contribution is -0.133. The lowest BCUT2D eigenvalue weighted by atomic mass is 10.1.